The Labute approximate surface area is 124 Å². The lowest BCUT2D eigenvalue weighted by atomic mass is 10.1. The van der Waals surface area contributed by atoms with Gasteiger partial charge in [-0.15, -0.1) is 0 Å². The predicted octanol–water partition coefficient (Wildman–Crippen LogP) is 3.16. The fraction of sp³-hybridized carbons (Fsp3) is 0.235. The van der Waals surface area contributed by atoms with Crippen molar-refractivity contribution in [3.63, 3.8) is 0 Å². The van der Waals surface area contributed by atoms with Gasteiger partial charge in [-0.2, -0.15) is 0 Å². The second-order valence-electron chi connectivity index (χ2n) is 4.99. The number of rotatable bonds is 5. The molecule has 0 saturated heterocycles. The third kappa shape index (κ3) is 4.24. The van der Waals surface area contributed by atoms with Gasteiger partial charge >= 0.3 is 0 Å². The fourth-order valence-corrected chi connectivity index (χ4v) is 2.00. The molecule has 0 saturated carbocycles. The lowest BCUT2D eigenvalue weighted by Gasteiger charge is -2.10. The maximum atomic E-state index is 12.0. The fourth-order valence-electron chi connectivity index (χ4n) is 2.00. The second kappa shape index (κ2) is 6.79. The van der Waals surface area contributed by atoms with E-state index in [0.29, 0.717) is 30.0 Å². The second-order valence-corrected chi connectivity index (χ2v) is 4.99. The standard InChI is InChI=1S/C17H20N2O2/c1-12-3-5-13(6-4-12)7-10-17(20)19-16-11-14(21-2)8-9-15(16)18/h3-6,8-9,11H,7,10,18H2,1-2H3,(H,19,20). The first-order valence-electron chi connectivity index (χ1n) is 6.87. The number of amides is 1. The molecule has 2 rings (SSSR count). The van der Waals surface area contributed by atoms with Crippen molar-refractivity contribution in [1.82, 2.24) is 0 Å². The van der Waals surface area contributed by atoms with E-state index in [4.69, 9.17) is 10.5 Å². The highest BCUT2D eigenvalue weighted by Gasteiger charge is 2.07. The first-order chi connectivity index (χ1) is 10.1. The first-order valence-corrected chi connectivity index (χ1v) is 6.87. The van der Waals surface area contributed by atoms with E-state index in [2.05, 4.69) is 5.32 Å². The van der Waals surface area contributed by atoms with Crippen LogP contribution in [0.2, 0.25) is 0 Å². The third-order valence-electron chi connectivity index (χ3n) is 3.30. The van der Waals surface area contributed by atoms with Crippen LogP contribution in [-0.2, 0) is 11.2 Å². The van der Waals surface area contributed by atoms with E-state index in [9.17, 15) is 4.79 Å². The van der Waals surface area contributed by atoms with Crippen molar-refractivity contribution >= 4 is 17.3 Å². The lowest BCUT2D eigenvalue weighted by Crippen LogP contribution is -2.13. The number of hydrogen-bond acceptors (Lipinski definition) is 3. The zero-order valence-electron chi connectivity index (χ0n) is 12.3. The van der Waals surface area contributed by atoms with Gasteiger partial charge in [0.05, 0.1) is 18.5 Å². The summed E-state index contributed by atoms with van der Waals surface area (Å²) in [6.07, 6.45) is 1.12. The summed E-state index contributed by atoms with van der Waals surface area (Å²) in [5, 5.41) is 2.82. The van der Waals surface area contributed by atoms with Gasteiger partial charge in [-0.3, -0.25) is 4.79 Å². The van der Waals surface area contributed by atoms with E-state index >= 15 is 0 Å². The summed E-state index contributed by atoms with van der Waals surface area (Å²) < 4.78 is 5.13. The SMILES string of the molecule is COc1ccc(N)c(NC(=O)CCc2ccc(C)cc2)c1. The molecule has 0 fully saturated rings. The van der Waals surface area contributed by atoms with Crippen LogP contribution in [0.3, 0.4) is 0 Å². The maximum absolute atomic E-state index is 12.0. The molecule has 1 amide bonds. The summed E-state index contributed by atoms with van der Waals surface area (Å²) in [4.78, 5) is 12.0. The number of anilines is 2. The molecule has 4 nitrogen and oxygen atoms in total. The van der Waals surface area contributed by atoms with E-state index in [-0.39, 0.29) is 5.91 Å². The average molecular weight is 284 g/mol. The molecule has 0 radical (unpaired) electrons. The monoisotopic (exact) mass is 284 g/mol. The Morgan fingerprint density at radius 1 is 1.19 bits per heavy atom. The van der Waals surface area contributed by atoms with Crippen LogP contribution in [0.5, 0.6) is 5.75 Å². The molecule has 110 valence electrons. The molecule has 2 aromatic carbocycles. The van der Waals surface area contributed by atoms with Crippen LogP contribution >= 0.6 is 0 Å². The van der Waals surface area contributed by atoms with Crippen LogP contribution in [0.15, 0.2) is 42.5 Å². The minimum Gasteiger partial charge on any atom is -0.497 e. The quantitative estimate of drug-likeness (QED) is 0.829. The summed E-state index contributed by atoms with van der Waals surface area (Å²) in [7, 11) is 1.58. The highest BCUT2D eigenvalue weighted by atomic mass is 16.5. The van der Waals surface area contributed by atoms with Crippen molar-refractivity contribution in [2.75, 3.05) is 18.2 Å². The van der Waals surface area contributed by atoms with Gasteiger partial charge < -0.3 is 15.8 Å². The van der Waals surface area contributed by atoms with E-state index < -0.39 is 0 Å². The highest BCUT2D eigenvalue weighted by molar-refractivity contribution is 5.94. The molecule has 0 atom stereocenters. The van der Waals surface area contributed by atoms with Gasteiger partial charge in [0.1, 0.15) is 5.75 Å². The van der Waals surface area contributed by atoms with Crippen LogP contribution in [0.1, 0.15) is 17.5 Å². The molecule has 0 spiro atoms. The Morgan fingerprint density at radius 2 is 1.90 bits per heavy atom. The van der Waals surface area contributed by atoms with Crippen LogP contribution in [0.25, 0.3) is 0 Å². The van der Waals surface area contributed by atoms with E-state index in [1.54, 1.807) is 25.3 Å². The van der Waals surface area contributed by atoms with Crippen LogP contribution in [-0.4, -0.2) is 13.0 Å². The Morgan fingerprint density at radius 3 is 2.57 bits per heavy atom. The average Bonchev–Trinajstić information content (AvgIpc) is 2.49. The lowest BCUT2D eigenvalue weighted by molar-refractivity contribution is -0.116. The number of methoxy groups -OCH3 is 1. The Hall–Kier alpha value is -2.49. The van der Waals surface area contributed by atoms with Crippen molar-refractivity contribution < 1.29 is 9.53 Å². The smallest absolute Gasteiger partial charge is 0.224 e. The molecule has 0 unspecified atom stereocenters. The van der Waals surface area contributed by atoms with Gasteiger partial charge in [-0.25, -0.2) is 0 Å². The minimum atomic E-state index is -0.0597. The summed E-state index contributed by atoms with van der Waals surface area (Å²) in [5.41, 5.74) is 9.32. The summed E-state index contributed by atoms with van der Waals surface area (Å²) in [6, 6.07) is 13.4. The molecule has 0 aliphatic carbocycles. The molecule has 21 heavy (non-hydrogen) atoms. The number of nitrogens with one attached hydrogen (secondary N) is 1. The third-order valence-corrected chi connectivity index (χ3v) is 3.30. The molecule has 4 heteroatoms. The Balaban J connectivity index is 1.94. The molecule has 0 bridgehead atoms. The summed E-state index contributed by atoms with van der Waals surface area (Å²) in [5.74, 6) is 0.605. The van der Waals surface area contributed by atoms with Gasteiger partial charge in [-0.1, -0.05) is 29.8 Å². The van der Waals surface area contributed by atoms with Gasteiger partial charge in [0.25, 0.3) is 0 Å². The molecular weight excluding hydrogens is 264 g/mol. The number of nitrogen functional groups attached to an aromatic ring is 1. The zero-order chi connectivity index (χ0) is 15.2. The van der Waals surface area contributed by atoms with Crippen molar-refractivity contribution in [1.29, 1.82) is 0 Å². The topological polar surface area (TPSA) is 64.3 Å². The van der Waals surface area contributed by atoms with E-state index in [1.165, 1.54) is 5.56 Å². The highest BCUT2D eigenvalue weighted by Crippen LogP contribution is 2.24. The molecule has 2 aromatic rings. The van der Waals surface area contributed by atoms with Gasteiger partial charge in [0.2, 0.25) is 5.91 Å². The zero-order valence-corrected chi connectivity index (χ0v) is 12.3. The number of carbonyl (C=O) groups is 1. The van der Waals surface area contributed by atoms with Crippen LogP contribution in [0, 0.1) is 6.92 Å². The number of aryl methyl sites for hydroxylation is 2. The first kappa shape index (κ1) is 14.9. The van der Waals surface area contributed by atoms with Gasteiger partial charge in [0.15, 0.2) is 0 Å². The van der Waals surface area contributed by atoms with Crippen molar-refractivity contribution in [2.24, 2.45) is 0 Å². The van der Waals surface area contributed by atoms with Crippen molar-refractivity contribution in [3.8, 4) is 5.75 Å². The van der Waals surface area contributed by atoms with Gasteiger partial charge in [-0.05, 0) is 31.0 Å². The van der Waals surface area contributed by atoms with Crippen molar-refractivity contribution in [2.45, 2.75) is 19.8 Å². The largest absolute Gasteiger partial charge is 0.497 e. The van der Waals surface area contributed by atoms with Crippen LogP contribution in [0.4, 0.5) is 11.4 Å². The Bertz CT molecular complexity index is 621. The molecule has 0 aliphatic rings. The normalized spacial score (nSPS) is 10.2. The summed E-state index contributed by atoms with van der Waals surface area (Å²) in [6.45, 7) is 2.04. The number of carbonyl (C=O) groups excluding carboxylic acids is 1. The number of hydrogen-bond donors (Lipinski definition) is 2. The van der Waals surface area contributed by atoms with Gasteiger partial charge in [0, 0.05) is 12.5 Å². The van der Waals surface area contributed by atoms with Crippen molar-refractivity contribution in [3.05, 3.63) is 53.6 Å². The number of benzene rings is 2. The molecule has 3 N–H and O–H groups in total. The predicted molar refractivity (Wildman–Crippen MR) is 85.5 cm³/mol. The van der Waals surface area contributed by atoms with Crippen LogP contribution < -0.4 is 15.8 Å². The summed E-state index contributed by atoms with van der Waals surface area (Å²) >= 11 is 0. The number of nitrogens with two attached hydrogens (primary N) is 1. The molecule has 0 heterocycles. The maximum Gasteiger partial charge on any atom is 0.224 e. The molecular formula is C17H20N2O2. The van der Waals surface area contributed by atoms with E-state index in [0.717, 1.165) is 5.56 Å². The van der Waals surface area contributed by atoms with E-state index in [1.807, 2.05) is 31.2 Å². The molecule has 0 aliphatic heterocycles. The molecule has 0 aromatic heterocycles. The minimum absolute atomic E-state index is 0.0597. The Kier molecular flexibility index (Phi) is 4.82. The number of ether oxygens (including phenoxy) is 1.